The first-order valence-electron chi connectivity index (χ1n) is 7.69. The van der Waals surface area contributed by atoms with Crippen LogP contribution >= 0.6 is 0 Å². The molecular formula is C16H14NNa3O9S3. The number of rotatable bonds is 4. The second-order valence-corrected chi connectivity index (χ2v) is 10.5. The second kappa shape index (κ2) is 10.3. The van der Waals surface area contributed by atoms with Crippen molar-refractivity contribution in [3.63, 3.8) is 0 Å². The quantitative estimate of drug-likeness (QED) is 0.138. The van der Waals surface area contributed by atoms with Crippen LogP contribution in [0.3, 0.4) is 0 Å². The maximum atomic E-state index is 12.2. The van der Waals surface area contributed by atoms with Crippen molar-refractivity contribution in [1.29, 1.82) is 0 Å². The van der Waals surface area contributed by atoms with Crippen molar-refractivity contribution in [1.82, 2.24) is 0 Å². The molecule has 158 valence electrons. The molecule has 0 aliphatic carbocycles. The van der Waals surface area contributed by atoms with Crippen molar-refractivity contribution < 1.29 is 38.6 Å². The van der Waals surface area contributed by atoms with E-state index in [1.54, 1.807) is 0 Å². The molecule has 4 aromatic rings. The van der Waals surface area contributed by atoms with Gasteiger partial charge >= 0.3 is 98.8 Å². The zero-order chi connectivity index (χ0) is 21.4. The molecular weight excluding hydrogens is 515 g/mol. The van der Waals surface area contributed by atoms with Crippen molar-refractivity contribution in [2.24, 2.45) is 5.90 Å². The Balaban J connectivity index is 0.00000171. The maximum absolute atomic E-state index is 12.2. The van der Waals surface area contributed by atoms with Gasteiger partial charge in [0, 0.05) is 21.5 Å². The molecule has 4 N–H and O–H groups in total. The summed E-state index contributed by atoms with van der Waals surface area (Å²) in [5.41, 5.74) is 0. The number of hydrogen-bond acceptors (Lipinski definition) is 8. The van der Waals surface area contributed by atoms with E-state index in [9.17, 15) is 34.4 Å². The molecule has 0 unspecified atom stereocenters. The molecule has 4 rings (SSSR count). The molecule has 0 aromatic heterocycles. The van der Waals surface area contributed by atoms with E-state index in [4.69, 9.17) is 5.90 Å². The van der Waals surface area contributed by atoms with Gasteiger partial charge in [-0.05, 0) is 22.9 Å². The zero-order valence-corrected chi connectivity index (χ0v) is 16.5. The summed E-state index contributed by atoms with van der Waals surface area (Å²) in [6.07, 6.45) is 0. The predicted octanol–water partition coefficient (Wildman–Crippen LogP) is -0.289. The average Bonchev–Trinajstić information content (AvgIpc) is 2.63. The molecule has 0 aliphatic rings. The van der Waals surface area contributed by atoms with Gasteiger partial charge in [-0.25, -0.2) is 0 Å². The van der Waals surface area contributed by atoms with Crippen molar-refractivity contribution in [3.05, 3.63) is 42.5 Å². The van der Waals surface area contributed by atoms with Crippen LogP contribution in [0.25, 0.3) is 32.3 Å². The Morgan fingerprint density at radius 3 is 1.47 bits per heavy atom. The van der Waals surface area contributed by atoms with Gasteiger partial charge in [-0.2, -0.15) is 35.4 Å². The van der Waals surface area contributed by atoms with Crippen LogP contribution in [0.4, 0.5) is 0 Å². The van der Waals surface area contributed by atoms with E-state index in [2.05, 4.69) is 4.28 Å². The molecule has 0 spiro atoms. The van der Waals surface area contributed by atoms with Crippen LogP contribution in [0.5, 0.6) is 0 Å². The second-order valence-electron chi connectivity index (χ2n) is 6.18. The van der Waals surface area contributed by atoms with Crippen LogP contribution < -0.4 is 5.90 Å². The molecule has 0 aliphatic heterocycles. The van der Waals surface area contributed by atoms with E-state index in [-0.39, 0.29) is 120 Å². The van der Waals surface area contributed by atoms with Gasteiger partial charge in [0.1, 0.15) is 14.7 Å². The summed E-state index contributed by atoms with van der Waals surface area (Å²) in [6.45, 7) is 0. The third kappa shape index (κ3) is 5.09. The van der Waals surface area contributed by atoms with E-state index in [0.29, 0.717) is 11.5 Å². The summed E-state index contributed by atoms with van der Waals surface area (Å²) in [5, 5.41) is 0.625. The Bertz CT molecular complexity index is 1600. The molecule has 4 aromatic carbocycles. The zero-order valence-electron chi connectivity index (χ0n) is 14.1. The molecule has 32 heavy (non-hydrogen) atoms. The summed E-state index contributed by atoms with van der Waals surface area (Å²) in [6, 6.07) is 8.61. The Kier molecular flexibility index (Phi) is 9.87. The Morgan fingerprint density at radius 2 is 1.03 bits per heavy atom. The van der Waals surface area contributed by atoms with E-state index in [0.717, 1.165) is 0 Å². The van der Waals surface area contributed by atoms with Gasteiger partial charge in [-0.3, -0.25) is 9.11 Å². The van der Waals surface area contributed by atoms with E-state index in [1.165, 1.54) is 36.4 Å². The van der Waals surface area contributed by atoms with Gasteiger partial charge in [-0.15, -0.1) is 0 Å². The van der Waals surface area contributed by atoms with Gasteiger partial charge in [0.2, 0.25) is 0 Å². The Labute approximate surface area is 249 Å². The summed E-state index contributed by atoms with van der Waals surface area (Å²) >= 11 is 0. The normalized spacial score (nSPS) is 12.3. The van der Waals surface area contributed by atoms with E-state index < -0.39 is 40.1 Å². The molecule has 0 saturated heterocycles. The summed E-state index contributed by atoms with van der Waals surface area (Å²) in [5.74, 6) is 4.86. The first-order chi connectivity index (χ1) is 13.4. The topological polar surface area (TPSA) is 178 Å². The van der Waals surface area contributed by atoms with Crippen molar-refractivity contribution in [2.45, 2.75) is 14.7 Å². The average molecular weight is 529 g/mol. The molecule has 0 saturated carbocycles. The van der Waals surface area contributed by atoms with Crippen LogP contribution in [0.15, 0.2) is 57.2 Å². The molecule has 0 atom stereocenters. The Hall–Kier alpha value is 0.610. The van der Waals surface area contributed by atoms with Crippen LogP contribution in [0.1, 0.15) is 0 Å². The summed E-state index contributed by atoms with van der Waals surface area (Å²) in [7, 11) is -14.1. The number of nitrogens with two attached hydrogens (primary N) is 1. The van der Waals surface area contributed by atoms with Gasteiger partial charge in [0.25, 0.3) is 20.2 Å². The van der Waals surface area contributed by atoms with Gasteiger partial charge in [-0.1, -0.05) is 30.3 Å². The van der Waals surface area contributed by atoms with Crippen LogP contribution in [-0.4, -0.2) is 123 Å². The van der Waals surface area contributed by atoms with E-state index >= 15 is 0 Å². The minimum atomic E-state index is -4.89. The third-order valence-electron chi connectivity index (χ3n) is 4.62. The standard InChI is InChI=1S/C16H11NO9S3.3Na.3H/c17-26-29(24,25)12-6-2-8-1-3-10-13(27(18,19)20)7-14(28(21,22)23)11-5-4-9(12)15(8)16(10)11;;;;;;/h1-7H,17H2,(H,18,19,20)(H,21,22,23);;;;;;. The van der Waals surface area contributed by atoms with Crippen LogP contribution in [0.2, 0.25) is 0 Å². The van der Waals surface area contributed by atoms with Crippen molar-refractivity contribution in [3.8, 4) is 0 Å². The first-order valence-corrected chi connectivity index (χ1v) is 12.0. The van der Waals surface area contributed by atoms with Crippen molar-refractivity contribution >= 4 is 151 Å². The number of benzene rings is 4. The molecule has 16 heteroatoms. The molecule has 10 nitrogen and oxygen atoms in total. The fraction of sp³-hybridized carbons (Fsp3) is 0. The van der Waals surface area contributed by atoms with Crippen LogP contribution in [-0.2, 0) is 34.6 Å². The molecule has 0 amide bonds. The first kappa shape index (κ1) is 30.6. The summed E-state index contributed by atoms with van der Waals surface area (Å²) in [4.78, 5) is -1.83. The Morgan fingerprint density at radius 1 is 0.625 bits per heavy atom. The van der Waals surface area contributed by atoms with Crippen LogP contribution in [0, 0.1) is 0 Å². The summed E-state index contributed by atoms with van der Waals surface area (Å²) < 4.78 is 95.1. The fourth-order valence-electron chi connectivity index (χ4n) is 3.50. The van der Waals surface area contributed by atoms with Gasteiger partial charge < -0.3 is 0 Å². The number of hydrogen-bond donors (Lipinski definition) is 3. The SMILES string of the molecule is NOS(=O)(=O)c1ccc2ccc3c(S(=O)(=O)O)cc(S(=O)(=O)O)c4ccc1c2c34.[NaH].[NaH].[NaH]. The van der Waals surface area contributed by atoms with Crippen molar-refractivity contribution in [2.75, 3.05) is 0 Å². The molecule has 0 radical (unpaired) electrons. The molecule has 0 fully saturated rings. The monoisotopic (exact) mass is 529 g/mol. The predicted molar refractivity (Wildman–Crippen MR) is 124 cm³/mol. The third-order valence-corrected chi connectivity index (χ3v) is 7.55. The van der Waals surface area contributed by atoms with Gasteiger partial charge in [0.15, 0.2) is 0 Å². The fourth-order valence-corrected chi connectivity index (χ4v) is 5.79. The van der Waals surface area contributed by atoms with E-state index in [1.807, 2.05) is 0 Å². The molecule has 0 bridgehead atoms. The minimum absolute atomic E-state index is 0. The van der Waals surface area contributed by atoms with Gasteiger partial charge in [0.05, 0.1) is 0 Å². The molecule has 0 heterocycles.